The van der Waals surface area contributed by atoms with E-state index in [-0.39, 0.29) is 11.7 Å². The SMILES string of the molecule is O=C(CCC1CCNC1)Nc1ccc(OC(F)F)cc1. The van der Waals surface area contributed by atoms with Crippen LogP contribution in [0.2, 0.25) is 0 Å². The summed E-state index contributed by atoms with van der Waals surface area (Å²) >= 11 is 0. The highest BCUT2D eigenvalue weighted by molar-refractivity contribution is 5.90. The van der Waals surface area contributed by atoms with Crippen molar-refractivity contribution in [2.45, 2.75) is 25.9 Å². The van der Waals surface area contributed by atoms with E-state index in [1.807, 2.05) is 0 Å². The number of ether oxygens (including phenoxy) is 1. The van der Waals surface area contributed by atoms with Gasteiger partial charge in [-0.05, 0) is 56.1 Å². The lowest BCUT2D eigenvalue weighted by Gasteiger charge is -2.09. The van der Waals surface area contributed by atoms with E-state index in [4.69, 9.17) is 0 Å². The van der Waals surface area contributed by atoms with Gasteiger partial charge in [0.25, 0.3) is 0 Å². The maximum absolute atomic E-state index is 12.0. The minimum atomic E-state index is -2.84. The Balaban J connectivity index is 1.75. The first-order valence-corrected chi connectivity index (χ1v) is 6.69. The Bertz CT molecular complexity index is 431. The number of alkyl halides is 2. The Kier molecular flexibility index (Phi) is 5.29. The van der Waals surface area contributed by atoms with E-state index < -0.39 is 6.61 Å². The highest BCUT2D eigenvalue weighted by atomic mass is 19.3. The highest BCUT2D eigenvalue weighted by Crippen LogP contribution is 2.19. The van der Waals surface area contributed by atoms with Crippen LogP contribution >= 0.6 is 0 Å². The summed E-state index contributed by atoms with van der Waals surface area (Å²) in [7, 11) is 0. The minimum Gasteiger partial charge on any atom is -0.435 e. The molecular formula is C14H18F2N2O2. The van der Waals surface area contributed by atoms with E-state index in [0.717, 1.165) is 25.9 Å². The number of nitrogens with one attached hydrogen (secondary N) is 2. The molecule has 1 aliphatic heterocycles. The molecule has 0 spiro atoms. The molecule has 1 aromatic carbocycles. The Labute approximate surface area is 116 Å². The number of halogens is 2. The number of amides is 1. The fourth-order valence-electron chi connectivity index (χ4n) is 2.24. The third-order valence-electron chi connectivity index (χ3n) is 3.31. The third kappa shape index (κ3) is 4.77. The van der Waals surface area contributed by atoms with E-state index in [1.54, 1.807) is 12.1 Å². The fraction of sp³-hybridized carbons (Fsp3) is 0.500. The molecule has 2 rings (SSSR count). The van der Waals surface area contributed by atoms with Crippen LogP contribution < -0.4 is 15.4 Å². The predicted molar refractivity (Wildman–Crippen MR) is 71.9 cm³/mol. The number of rotatable bonds is 6. The van der Waals surface area contributed by atoms with E-state index in [0.29, 0.717) is 18.0 Å². The van der Waals surface area contributed by atoms with Crippen molar-refractivity contribution >= 4 is 11.6 Å². The number of hydrogen-bond donors (Lipinski definition) is 2. The number of carbonyl (C=O) groups is 1. The fourth-order valence-corrected chi connectivity index (χ4v) is 2.24. The van der Waals surface area contributed by atoms with Gasteiger partial charge >= 0.3 is 6.61 Å². The van der Waals surface area contributed by atoms with Crippen LogP contribution in [0.15, 0.2) is 24.3 Å². The number of carbonyl (C=O) groups excluding carboxylic acids is 1. The lowest BCUT2D eigenvalue weighted by molar-refractivity contribution is -0.116. The lowest BCUT2D eigenvalue weighted by atomic mass is 10.0. The third-order valence-corrected chi connectivity index (χ3v) is 3.31. The molecular weight excluding hydrogens is 266 g/mol. The van der Waals surface area contributed by atoms with Gasteiger partial charge in [-0.15, -0.1) is 0 Å². The molecule has 1 fully saturated rings. The molecule has 1 unspecified atom stereocenters. The Hall–Kier alpha value is -1.69. The second-order valence-electron chi connectivity index (χ2n) is 4.85. The predicted octanol–water partition coefficient (Wildman–Crippen LogP) is 2.62. The molecule has 1 atom stereocenters. The molecule has 0 aromatic heterocycles. The molecule has 0 radical (unpaired) electrons. The largest absolute Gasteiger partial charge is 0.435 e. The zero-order valence-corrected chi connectivity index (χ0v) is 11.1. The first-order valence-electron chi connectivity index (χ1n) is 6.69. The lowest BCUT2D eigenvalue weighted by Crippen LogP contribution is -2.15. The molecule has 0 saturated carbocycles. The summed E-state index contributed by atoms with van der Waals surface area (Å²) in [5.74, 6) is 0.594. The molecule has 1 aliphatic rings. The molecule has 20 heavy (non-hydrogen) atoms. The van der Waals surface area contributed by atoms with Crippen LogP contribution in [0.1, 0.15) is 19.3 Å². The van der Waals surface area contributed by atoms with E-state index in [1.165, 1.54) is 12.1 Å². The van der Waals surface area contributed by atoms with Crippen molar-refractivity contribution in [2.75, 3.05) is 18.4 Å². The summed E-state index contributed by atoms with van der Waals surface area (Å²) < 4.78 is 28.2. The van der Waals surface area contributed by atoms with E-state index in [2.05, 4.69) is 15.4 Å². The van der Waals surface area contributed by atoms with Crippen LogP contribution in [0.25, 0.3) is 0 Å². The summed E-state index contributed by atoms with van der Waals surface area (Å²) in [6.45, 7) is -0.833. The van der Waals surface area contributed by atoms with Crippen LogP contribution in [-0.2, 0) is 4.79 Å². The first kappa shape index (κ1) is 14.7. The van der Waals surface area contributed by atoms with Gasteiger partial charge in [-0.1, -0.05) is 0 Å². The van der Waals surface area contributed by atoms with Gasteiger partial charge in [0.05, 0.1) is 0 Å². The average Bonchev–Trinajstić information content (AvgIpc) is 2.91. The van der Waals surface area contributed by atoms with Gasteiger partial charge in [0.15, 0.2) is 0 Å². The van der Waals surface area contributed by atoms with E-state index in [9.17, 15) is 13.6 Å². The normalized spacial score (nSPS) is 18.2. The zero-order valence-electron chi connectivity index (χ0n) is 11.1. The highest BCUT2D eigenvalue weighted by Gasteiger charge is 2.15. The molecule has 0 aliphatic carbocycles. The Morgan fingerprint density at radius 1 is 1.40 bits per heavy atom. The molecule has 0 bridgehead atoms. The first-order chi connectivity index (χ1) is 9.63. The van der Waals surface area contributed by atoms with Crippen molar-refractivity contribution in [3.05, 3.63) is 24.3 Å². The minimum absolute atomic E-state index is 0.0561. The van der Waals surface area contributed by atoms with Gasteiger partial charge in [0, 0.05) is 12.1 Å². The van der Waals surface area contributed by atoms with Crippen molar-refractivity contribution in [3.8, 4) is 5.75 Å². The number of hydrogen-bond acceptors (Lipinski definition) is 3. The van der Waals surface area contributed by atoms with Gasteiger partial charge < -0.3 is 15.4 Å². The molecule has 1 heterocycles. The maximum Gasteiger partial charge on any atom is 0.387 e. The standard InChI is InChI=1S/C14H18F2N2O2/c15-14(16)20-12-4-2-11(3-5-12)18-13(19)6-1-10-7-8-17-9-10/h2-5,10,14,17H,1,6-9H2,(H,18,19). The van der Waals surface area contributed by atoms with Gasteiger partial charge in [-0.3, -0.25) is 4.79 Å². The van der Waals surface area contributed by atoms with Crippen molar-refractivity contribution < 1.29 is 18.3 Å². The summed E-state index contributed by atoms with van der Waals surface area (Å²) in [5, 5.41) is 6.00. The van der Waals surface area contributed by atoms with Crippen molar-refractivity contribution in [1.82, 2.24) is 5.32 Å². The van der Waals surface area contributed by atoms with Crippen LogP contribution in [-0.4, -0.2) is 25.6 Å². The molecule has 1 aromatic rings. The number of benzene rings is 1. The van der Waals surface area contributed by atoms with Crippen molar-refractivity contribution in [1.29, 1.82) is 0 Å². The maximum atomic E-state index is 12.0. The summed E-state index contributed by atoms with van der Waals surface area (Å²) in [6.07, 6.45) is 2.46. The van der Waals surface area contributed by atoms with Crippen molar-refractivity contribution in [2.24, 2.45) is 5.92 Å². The number of anilines is 1. The van der Waals surface area contributed by atoms with Crippen LogP contribution in [0, 0.1) is 5.92 Å². The van der Waals surface area contributed by atoms with Gasteiger partial charge in [-0.2, -0.15) is 8.78 Å². The Morgan fingerprint density at radius 3 is 2.75 bits per heavy atom. The van der Waals surface area contributed by atoms with Crippen LogP contribution in [0.3, 0.4) is 0 Å². The second-order valence-corrected chi connectivity index (χ2v) is 4.85. The Morgan fingerprint density at radius 2 is 2.15 bits per heavy atom. The molecule has 2 N–H and O–H groups in total. The smallest absolute Gasteiger partial charge is 0.387 e. The summed E-state index contributed by atoms with van der Waals surface area (Å²) in [5.41, 5.74) is 0.584. The zero-order chi connectivity index (χ0) is 14.4. The molecule has 1 saturated heterocycles. The van der Waals surface area contributed by atoms with Crippen LogP contribution in [0.4, 0.5) is 14.5 Å². The quantitative estimate of drug-likeness (QED) is 0.844. The summed E-state index contributed by atoms with van der Waals surface area (Å²) in [6, 6.07) is 5.91. The van der Waals surface area contributed by atoms with Crippen molar-refractivity contribution in [3.63, 3.8) is 0 Å². The van der Waals surface area contributed by atoms with Gasteiger partial charge in [-0.25, -0.2) is 0 Å². The molecule has 110 valence electrons. The molecule has 6 heteroatoms. The topological polar surface area (TPSA) is 50.4 Å². The molecule has 1 amide bonds. The second kappa shape index (κ2) is 7.19. The monoisotopic (exact) mass is 284 g/mol. The molecule has 4 nitrogen and oxygen atoms in total. The van der Waals surface area contributed by atoms with E-state index >= 15 is 0 Å². The van der Waals surface area contributed by atoms with Crippen LogP contribution in [0.5, 0.6) is 5.75 Å². The summed E-state index contributed by atoms with van der Waals surface area (Å²) in [4.78, 5) is 11.7. The average molecular weight is 284 g/mol. The van der Waals surface area contributed by atoms with Gasteiger partial charge in [0.1, 0.15) is 5.75 Å². The van der Waals surface area contributed by atoms with Gasteiger partial charge in [0.2, 0.25) is 5.91 Å².